The Kier molecular flexibility index (Phi) is 2.90. The van der Waals surface area contributed by atoms with Gasteiger partial charge >= 0.3 is 0 Å². The maximum absolute atomic E-state index is 14.3. The number of halogens is 1. The molecule has 0 spiro atoms. The number of hydrogen-bond donors (Lipinski definition) is 2. The Balaban J connectivity index is 2.17. The van der Waals surface area contributed by atoms with Crippen molar-refractivity contribution in [2.24, 2.45) is 5.73 Å². The Hall–Kier alpha value is -1.35. The van der Waals surface area contributed by atoms with E-state index in [9.17, 15) is 4.39 Å². The second kappa shape index (κ2) is 4.34. The molecule has 0 unspecified atom stereocenters. The van der Waals surface area contributed by atoms with Gasteiger partial charge in [0, 0.05) is 16.6 Å². The highest BCUT2D eigenvalue weighted by molar-refractivity contribution is 5.85. The SMILES string of the molecule is Cc1[nH]c2c(F)cc(C3(N)CCCCC3)cc2c1C. The number of nitrogens with two attached hydrogens (primary N) is 1. The van der Waals surface area contributed by atoms with E-state index in [0.717, 1.165) is 47.9 Å². The highest BCUT2D eigenvalue weighted by atomic mass is 19.1. The molecule has 102 valence electrons. The number of benzene rings is 1. The molecule has 1 fully saturated rings. The van der Waals surface area contributed by atoms with Crippen LogP contribution < -0.4 is 5.73 Å². The van der Waals surface area contributed by atoms with Crippen LogP contribution in [0.5, 0.6) is 0 Å². The Labute approximate surface area is 113 Å². The first-order valence-electron chi connectivity index (χ1n) is 7.09. The van der Waals surface area contributed by atoms with Gasteiger partial charge in [-0.05, 0) is 49.9 Å². The molecular weight excluding hydrogens is 239 g/mol. The summed E-state index contributed by atoms with van der Waals surface area (Å²) in [6.07, 6.45) is 5.44. The molecule has 0 aliphatic heterocycles. The predicted molar refractivity (Wildman–Crippen MR) is 76.7 cm³/mol. The maximum atomic E-state index is 14.3. The van der Waals surface area contributed by atoms with Gasteiger partial charge in [0.1, 0.15) is 5.82 Å². The molecule has 1 aromatic heterocycles. The molecule has 0 amide bonds. The van der Waals surface area contributed by atoms with Gasteiger partial charge in [0.2, 0.25) is 0 Å². The molecule has 0 atom stereocenters. The van der Waals surface area contributed by atoms with Crippen molar-refractivity contribution in [2.45, 2.75) is 51.5 Å². The number of rotatable bonds is 1. The summed E-state index contributed by atoms with van der Waals surface area (Å²) in [5.74, 6) is -0.181. The van der Waals surface area contributed by atoms with Crippen LogP contribution in [0.25, 0.3) is 10.9 Å². The fourth-order valence-corrected chi connectivity index (χ4v) is 3.27. The molecule has 0 radical (unpaired) electrons. The minimum Gasteiger partial charge on any atom is -0.356 e. The first kappa shape index (κ1) is 12.7. The van der Waals surface area contributed by atoms with E-state index in [4.69, 9.17) is 5.73 Å². The Bertz CT molecular complexity index is 621. The average Bonchev–Trinajstić information content (AvgIpc) is 2.68. The standard InChI is InChI=1S/C16H21FN2/c1-10-11(2)19-15-13(10)8-12(9-14(15)17)16(18)6-4-3-5-7-16/h8-9,19H,3-7,18H2,1-2H3. The van der Waals surface area contributed by atoms with Crippen LogP contribution in [0, 0.1) is 19.7 Å². The molecule has 1 aromatic carbocycles. The number of nitrogens with one attached hydrogen (secondary N) is 1. The van der Waals surface area contributed by atoms with E-state index in [-0.39, 0.29) is 11.4 Å². The van der Waals surface area contributed by atoms with E-state index in [2.05, 4.69) is 11.1 Å². The minimum absolute atomic E-state index is 0.181. The van der Waals surface area contributed by atoms with Crippen molar-refractivity contribution < 1.29 is 4.39 Å². The molecule has 1 aliphatic rings. The zero-order valence-corrected chi connectivity index (χ0v) is 11.6. The number of fused-ring (bicyclic) bond motifs is 1. The van der Waals surface area contributed by atoms with Crippen LogP contribution in [0.4, 0.5) is 4.39 Å². The predicted octanol–water partition coefficient (Wildman–Crippen LogP) is 4.04. The molecule has 0 bridgehead atoms. The van der Waals surface area contributed by atoms with Crippen molar-refractivity contribution >= 4 is 10.9 Å². The summed E-state index contributed by atoms with van der Waals surface area (Å²) in [6, 6.07) is 3.71. The van der Waals surface area contributed by atoms with Crippen LogP contribution >= 0.6 is 0 Å². The summed E-state index contributed by atoms with van der Waals surface area (Å²) in [6.45, 7) is 4.01. The molecule has 19 heavy (non-hydrogen) atoms. The summed E-state index contributed by atoms with van der Waals surface area (Å²) in [4.78, 5) is 3.12. The fourth-order valence-electron chi connectivity index (χ4n) is 3.27. The van der Waals surface area contributed by atoms with E-state index in [1.165, 1.54) is 6.42 Å². The summed E-state index contributed by atoms with van der Waals surface area (Å²) < 4.78 is 14.3. The summed E-state index contributed by atoms with van der Waals surface area (Å²) in [7, 11) is 0. The van der Waals surface area contributed by atoms with Crippen LogP contribution in [0.15, 0.2) is 12.1 Å². The molecule has 1 saturated carbocycles. The zero-order chi connectivity index (χ0) is 13.6. The Morgan fingerprint density at radius 2 is 1.84 bits per heavy atom. The monoisotopic (exact) mass is 260 g/mol. The van der Waals surface area contributed by atoms with Crippen molar-refractivity contribution in [1.29, 1.82) is 0 Å². The highest BCUT2D eigenvalue weighted by Gasteiger charge is 2.30. The fraction of sp³-hybridized carbons (Fsp3) is 0.500. The zero-order valence-electron chi connectivity index (χ0n) is 11.6. The van der Waals surface area contributed by atoms with Crippen LogP contribution in [0.2, 0.25) is 0 Å². The van der Waals surface area contributed by atoms with E-state index >= 15 is 0 Å². The smallest absolute Gasteiger partial charge is 0.147 e. The third-order valence-corrected chi connectivity index (χ3v) is 4.69. The van der Waals surface area contributed by atoms with Crippen LogP contribution in [0.1, 0.15) is 48.9 Å². The number of aromatic amines is 1. The van der Waals surface area contributed by atoms with Gasteiger partial charge in [0.25, 0.3) is 0 Å². The number of H-pyrrole nitrogens is 1. The average molecular weight is 260 g/mol. The topological polar surface area (TPSA) is 41.8 Å². The third-order valence-electron chi connectivity index (χ3n) is 4.69. The van der Waals surface area contributed by atoms with Gasteiger partial charge in [-0.3, -0.25) is 0 Å². The van der Waals surface area contributed by atoms with Gasteiger partial charge < -0.3 is 10.7 Å². The van der Waals surface area contributed by atoms with Crippen LogP contribution in [-0.4, -0.2) is 4.98 Å². The quantitative estimate of drug-likeness (QED) is 0.798. The van der Waals surface area contributed by atoms with Gasteiger partial charge in [0.05, 0.1) is 5.52 Å². The van der Waals surface area contributed by atoms with Crippen LogP contribution in [-0.2, 0) is 5.54 Å². The Morgan fingerprint density at radius 3 is 2.53 bits per heavy atom. The molecule has 1 aliphatic carbocycles. The van der Waals surface area contributed by atoms with Gasteiger partial charge in [-0.2, -0.15) is 0 Å². The lowest BCUT2D eigenvalue weighted by atomic mass is 9.77. The Morgan fingerprint density at radius 1 is 1.16 bits per heavy atom. The van der Waals surface area contributed by atoms with Crippen molar-refractivity contribution in [3.63, 3.8) is 0 Å². The van der Waals surface area contributed by atoms with Gasteiger partial charge in [-0.1, -0.05) is 19.3 Å². The number of hydrogen-bond acceptors (Lipinski definition) is 1. The lowest BCUT2D eigenvalue weighted by Crippen LogP contribution is -2.38. The number of aromatic nitrogens is 1. The first-order valence-corrected chi connectivity index (χ1v) is 7.09. The second-order valence-corrected chi connectivity index (χ2v) is 5.97. The molecule has 3 N–H and O–H groups in total. The minimum atomic E-state index is -0.342. The number of aryl methyl sites for hydroxylation is 2. The van der Waals surface area contributed by atoms with Crippen molar-refractivity contribution in [3.8, 4) is 0 Å². The van der Waals surface area contributed by atoms with Crippen molar-refractivity contribution in [3.05, 3.63) is 34.8 Å². The normalized spacial score (nSPS) is 18.9. The highest BCUT2D eigenvalue weighted by Crippen LogP contribution is 2.37. The lowest BCUT2D eigenvalue weighted by Gasteiger charge is -2.34. The molecule has 2 nitrogen and oxygen atoms in total. The molecule has 2 aromatic rings. The summed E-state index contributed by atoms with van der Waals surface area (Å²) in [5, 5.41) is 0.975. The summed E-state index contributed by atoms with van der Waals surface area (Å²) >= 11 is 0. The van der Waals surface area contributed by atoms with E-state index < -0.39 is 0 Å². The maximum Gasteiger partial charge on any atom is 0.147 e. The largest absolute Gasteiger partial charge is 0.356 e. The van der Waals surface area contributed by atoms with E-state index in [1.54, 1.807) is 6.07 Å². The first-order chi connectivity index (χ1) is 9.01. The van der Waals surface area contributed by atoms with Crippen molar-refractivity contribution in [1.82, 2.24) is 4.98 Å². The molecular formula is C16H21FN2. The van der Waals surface area contributed by atoms with Gasteiger partial charge in [0.15, 0.2) is 0 Å². The van der Waals surface area contributed by atoms with Crippen molar-refractivity contribution in [2.75, 3.05) is 0 Å². The van der Waals surface area contributed by atoms with Gasteiger partial charge in [-0.15, -0.1) is 0 Å². The molecule has 0 saturated heterocycles. The molecule has 3 rings (SSSR count). The third kappa shape index (κ3) is 1.96. The van der Waals surface area contributed by atoms with E-state index in [0.29, 0.717) is 5.52 Å². The molecule has 3 heteroatoms. The molecule has 1 heterocycles. The van der Waals surface area contributed by atoms with Crippen LogP contribution in [0.3, 0.4) is 0 Å². The van der Waals surface area contributed by atoms with Gasteiger partial charge in [-0.25, -0.2) is 4.39 Å². The lowest BCUT2D eigenvalue weighted by molar-refractivity contribution is 0.302. The second-order valence-electron chi connectivity index (χ2n) is 5.97. The summed E-state index contributed by atoms with van der Waals surface area (Å²) in [5.41, 5.74) is 9.89. The van der Waals surface area contributed by atoms with E-state index in [1.807, 2.05) is 13.8 Å².